The molecule has 0 bridgehead atoms. The fraction of sp³-hybridized carbons (Fsp3) is 0.667. The van der Waals surface area contributed by atoms with Crippen molar-refractivity contribution in [3.8, 4) is 5.75 Å². The Morgan fingerprint density at radius 3 is 2.50 bits per heavy atom. The Bertz CT molecular complexity index is 364. The zero-order chi connectivity index (χ0) is 14.8. The lowest BCUT2D eigenvalue weighted by Crippen LogP contribution is -2.24. The van der Waals surface area contributed by atoms with E-state index in [2.05, 4.69) is 44.3 Å². The highest BCUT2D eigenvalue weighted by Crippen LogP contribution is 2.31. The van der Waals surface area contributed by atoms with Crippen molar-refractivity contribution in [1.82, 2.24) is 5.32 Å². The van der Waals surface area contributed by atoms with Gasteiger partial charge in [0.2, 0.25) is 0 Å². The Hall–Kier alpha value is -1.02. The van der Waals surface area contributed by atoms with Gasteiger partial charge in [-0.2, -0.15) is 0 Å². The third-order valence-electron chi connectivity index (χ3n) is 4.08. The van der Waals surface area contributed by atoms with Gasteiger partial charge in [-0.3, -0.25) is 0 Å². The fourth-order valence-electron chi connectivity index (χ4n) is 2.84. The van der Waals surface area contributed by atoms with Crippen molar-refractivity contribution in [3.63, 3.8) is 0 Å². The molecule has 20 heavy (non-hydrogen) atoms. The second kappa shape index (κ2) is 9.82. The van der Waals surface area contributed by atoms with E-state index in [9.17, 15) is 0 Å². The molecule has 2 heteroatoms. The Balaban J connectivity index is 2.81. The molecule has 0 aliphatic carbocycles. The number of rotatable bonds is 10. The number of nitrogens with one attached hydrogen (secondary N) is 1. The third-order valence-corrected chi connectivity index (χ3v) is 4.08. The second-order valence-corrected chi connectivity index (χ2v) is 5.50. The van der Waals surface area contributed by atoms with Gasteiger partial charge < -0.3 is 10.1 Å². The molecular weight excluding hydrogens is 246 g/mol. The standard InChI is InChI=1S/C18H31NO/c1-5-8-11-15(6-2)14-17(19-7-3)16-12-9-10-13-18(16)20-4/h9-10,12-13,15,17,19H,5-8,11,14H2,1-4H3. The molecule has 1 N–H and O–H groups in total. The van der Waals surface area contributed by atoms with E-state index in [-0.39, 0.29) is 0 Å². The summed E-state index contributed by atoms with van der Waals surface area (Å²) in [4.78, 5) is 0. The van der Waals surface area contributed by atoms with Crippen LogP contribution in [0, 0.1) is 5.92 Å². The summed E-state index contributed by atoms with van der Waals surface area (Å²) in [6.45, 7) is 7.75. The summed E-state index contributed by atoms with van der Waals surface area (Å²) in [5.41, 5.74) is 1.30. The van der Waals surface area contributed by atoms with Crippen LogP contribution in [0.15, 0.2) is 24.3 Å². The van der Waals surface area contributed by atoms with Gasteiger partial charge in [-0.15, -0.1) is 0 Å². The van der Waals surface area contributed by atoms with Crippen molar-refractivity contribution in [1.29, 1.82) is 0 Å². The average molecular weight is 277 g/mol. The Kier molecular flexibility index (Phi) is 8.36. The van der Waals surface area contributed by atoms with Gasteiger partial charge in [0.05, 0.1) is 7.11 Å². The molecule has 0 radical (unpaired) electrons. The van der Waals surface area contributed by atoms with Crippen LogP contribution in [0.2, 0.25) is 0 Å². The lowest BCUT2D eigenvalue weighted by atomic mass is 9.89. The molecule has 0 spiro atoms. The molecule has 0 aliphatic rings. The minimum Gasteiger partial charge on any atom is -0.496 e. The van der Waals surface area contributed by atoms with E-state index in [0.717, 1.165) is 18.2 Å². The highest BCUT2D eigenvalue weighted by molar-refractivity contribution is 5.35. The zero-order valence-corrected chi connectivity index (χ0v) is 13.6. The number of ether oxygens (including phenoxy) is 1. The first-order valence-electron chi connectivity index (χ1n) is 8.12. The topological polar surface area (TPSA) is 21.3 Å². The van der Waals surface area contributed by atoms with E-state index >= 15 is 0 Å². The molecule has 0 saturated carbocycles. The van der Waals surface area contributed by atoms with E-state index in [1.165, 1.54) is 37.7 Å². The molecular formula is C18H31NO. The first-order chi connectivity index (χ1) is 9.76. The maximum atomic E-state index is 5.53. The lowest BCUT2D eigenvalue weighted by molar-refractivity contribution is 0.344. The zero-order valence-electron chi connectivity index (χ0n) is 13.6. The number of hydrogen-bond donors (Lipinski definition) is 1. The number of methoxy groups -OCH3 is 1. The highest BCUT2D eigenvalue weighted by atomic mass is 16.5. The van der Waals surface area contributed by atoms with E-state index in [0.29, 0.717) is 6.04 Å². The van der Waals surface area contributed by atoms with Crippen molar-refractivity contribution in [3.05, 3.63) is 29.8 Å². The minimum absolute atomic E-state index is 0.401. The first-order valence-corrected chi connectivity index (χ1v) is 8.12. The molecule has 0 aliphatic heterocycles. The van der Waals surface area contributed by atoms with Crippen molar-refractivity contribution < 1.29 is 4.74 Å². The van der Waals surface area contributed by atoms with Crippen LogP contribution < -0.4 is 10.1 Å². The molecule has 1 aromatic carbocycles. The van der Waals surface area contributed by atoms with Crippen LogP contribution in [0.1, 0.15) is 64.5 Å². The molecule has 2 unspecified atom stereocenters. The second-order valence-electron chi connectivity index (χ2n) is 5.50. The van der Waals surface area contributed by atoms with Gasteiger partial charge in [0.1, 0.15) is 5.75 Å². The molecule has 0 aromatic heterocycles. The summed E-state index contributed by atoms with van der Waals surface area (Å²) in [6, 6.07) is 8.80. The number of para-hydroxylation sites is 1. The van der Waals surface area contributed by atoms with Crippen LogP contribution in [0.25, 0.3) is 0 Å². The van der Waals surface area contributed by atoms with Gasteiger partial charge in [0.25, 0.3) is 0 Å². The summed E-state index contributed by atoms with van der Waals surface area (Å²) in [5.74, 6) is 1.80. The monoisotopic (exact) mass is 277 g/mol. The van der Waals surface area contributed by atoms with Gasteiger partial charge in [-0.05, 0) is 24.9 Å². The molecule has 0 fully saturated rings. The maximum absolute atomic E-state index is 5.53. The van der Waals surface area contributed by atoms with Crippen LogP contribution in [0.4, 0.5) is 0 Å². The quantitative estimate of drug-likeness (QED) is 0.653. The minimum atomic E-state index is 0.401. The van der Waals surface area contributed by atoms with Crippen LogP contribution >= 0.6 is 0 Å². The fourth-order valence-corrected chi connectivity index (χ4v) is 2.84. The molecule has 0 heterocycles. The molecule has 1 rings (SSSR count). The normalized spacial score (nSPS) is 14.0. The first kappa shape index (κ1) is 17.0. The Morgan fingerprint density at radius 2 is 1.90 bits per heavy atom. The van der Waals surface area contributed by atoms with Gasteiger partial charge in [-0.25, -0.2) is 0 Å². The Morgan fingerprint density at radius 1 is 1.15 bits per heavy atom. The van der Waals surface area contributed by atoms with Gasteiger partial charge >= 0.3 is 0 Å². The summed E-state index contributed by atoms with van der Waals surface area (Å²) >= 11 is 0. The maximum Gasteiger partial charge on any atom is 0.123 e. The predicted octanol–water partition coefficient (Wildman–Crippen LogP) is 4.95. The van der Waals surface area contributed by atoms with Crippen molar-refractivity contribution in [2.24, 2.45) is 5.92 Å². The van der Waals surface area contributed by atoms with Gasteiger partial charge in [0, 0.05) is 11.6 Å². The van der Waals surface area contributed by atoms with E-state index in [1.807, 2.05) is 6.07 Å². The number of benzene rings is 1. The van der Waals surface area contributed by atoms with Crippen LogP contribution in [-0.4, -0.2) is 13.7 Å². The van der Waals surface area contributed by atoms with Crippen LogP contribution in [0.5, 0.6) is 5.75 Å². The van der Waals surface area contributed by atoms with E-state index < -0.39 is 0 Å². The summed E-state index contributed by atoms with van der Waals surface area (Å²) in [5, 5.41) is 3.63. The van der Waals surface area contributed by atoms with Crippen LogP contribution in [0.3, 0.4) is 0 Å². The highest BCUT2D eigenvalue weighted by Gasteiger charge is 2.19. The summed E-state index contributed by atoms with van der Waals surface area (Å²) < 4.78 is 5.53. The molecule has 2 nitrogen and oxygen atoms in total. The molecule has 114 valence electrons. The largest absolute Gasteiger partial charge is 0.496 e. The van der Waals surface area contributed by atoms with E-state index in [4.69, 9.17) is 4.74 Å². The average Bonchev–Trinajstić information content (AvgIpc) is 2.50. The smallest absolute Gasteiger partial charge is 0.123 e. The Labute approximate surface area is 124 Å². The summed E-state index contributed by atoms with van der Waals surface area (Å²) in [7, 11) is 1.76. The molecule has 0 amide bonds. The van der Waals surface area contributed by atoms with E-state index in [1.54, 1.807) is 7.11 Å². The molecule has 0 saturated heterocycles. The van der Waals surface area contributed by atoms with Crippen LogP contribution in [-0.2, 0) is 0 Å². The SMILES string of the molecule is CCCCC(CC)CC(NCC)c1ccccc1OC. The van der Waals surface area contributed by atoms with Gasteiger partial charge in [0.15, 0.2) is 0 Å². The molecule has 2 atom stereocenters. The summed E-state index contributed by atoms with van der Waals surface area (Å²) in [6.07, 6.45) is 6.42. The van der Waals surface area contributed by atoms with Gasteiger partial charge in [-0.1, -0.05) is 64.7 Å². The predicted molar refractivity (Wildman–Crippen MR) is 87.3 cm³/mol. The molecule has 1 aromatic rings. The van der Waals surface area contributed by atoms with Crippen molar-refractivity contribution in [2.45, 2.75) is 58.9 Å². The number of unbranched alkanes of at least 4 members (excludes halogenated alkanes) is 1. The number of hydrogen-bond acceptors (Lipinski definition) is 2. The van der Waals surface area contributed by atoms with Crippen molar-refractivity contribution in [2.75, 3.05) is 13.7 Å². The lowest BCUT2D eigenvalue weighted by Gasteiger charge is -2.25. The third kappa shape index (κ3) is 5.16. The van der Waals surface area contributed by atoms with Crippen molar-refractivity contribution >= 4 is 0 Å².